The number of nitrogens with one attached hydrogen (secondary N) is 1. The molecule has 2 rings (SSSR count). The first-order chi connectivity index (χ1) is 6.42. The standard InChI is InChI=1S/C8H7N5/c9-13-12-5-6-4-11-8-7(6)2-1-3-10-8/h1-4H,5H2,(H,10,11). The first kappa shape index (κ1) is 7.64. The van der Waals surface area contributed by atoms with E-state index in [1.165, 1.54) is 0 Å². The van der Waals surface area contributed by atoms with Crippen LogP contribution >= 0.6 is 0 Å². The topological polar surface area (TPSA) is 77.4 Å². The van der Waals surface area contributed by atoms with E-state index < -0.39 is 0 Å². The van der Waals surface area contributed by atoms with Gasteiger partial charge in [0, 0.05) is 22.7 Å². The van der Waals surface area contributed by atoms with Gasteiger partial charge in [-0.1, -0.05) is 5.11 Å². The number of aromatic amines is 1. The van der Waals surface area contributed by atoms with Crippen molar-refractivity contribution < 1.29 is 0 Å². The normalized spacial score (nSPS) is 9.85. The summed E-state index contributed by atoms with van der Waals surface area (Å²) in [6, 6.07) is 3.80. The van der Waals surface area contributed by atoms with Gasteiger partial charge in [0.1, 0.15) is 5.65 Å². The summed E-state index contributed by atoms with van der Waals surface area (Å²) in [5, 5.41) is 4.51. The Bertz CT molecular complexity index is 466. The van der Waals surface area contributed by atoms with E-state index in [9.17, 15) is 0 Å². The molecule has 0 aliphatic heterocycles. The molecule has 2 aromatic rings. The third kappa shape index (κ3) is 1.32. The van der Waals surface area contributed by atoms with Crippen molar-refractivity contribution in [2.75, 3.05) is 0 Å². The van der Waals surface area contributed by atoms with Gasteiger partial charge in [-0.15, -0.1) is 0 Å². The Morgan fingerprint density at radius 1 is 1.62 bits per heavy atom. The van der Waals surface area contributed by atoms with Crippen LogP contribution in [0.15, 0.2) is 29.6 Å². The molecule has 0 atom stereocenters. The van der Waals surface area contributed by atoms with Crippen molar-refractivity contribution in [3.05, 3.63) is 40.5 Å². The SMILES string of the molecule is [N-]=[N+]=NCc1c[nH]c2ncccc12. The Labute approximate surface area is 74.0 Å². The lowest BCUT2D eigenvalue weighted by molar-refractivity contribution is 1.06. The van der Waals surface area contributed by atoms with Crippen molar-refractivity contribution >= 4 is 11.0 Å². The van der Waals surface area contributed by atoms with Crippen LogP contribution < -0.4 is 0 Å². The molecule has 5 heteroatoms. The number of hydrogen-bond donors (Lipinski definition) is 1. The van der Waals surface area contributed by atoms with E-state index in [1.807, 2.05) is 18.3 Å². The van der Waals surface area contributed by atoms with Crippen molar-refractivity contribution in [3.8, 4) is 0 Å². The maximum absolute atomic E-state index is 8.17. The van der Waals surface area contributed by atoms with Crippen LogP contribution in [-0.2, 0) is 6.54 Å². The van der Waals surface area contributed by atoms with Gasteiger partial charge in [-0.2, -0.15) is 0 Å². The molecule has 0 fully saturated rings. The summed E-state index contributed by atoms with van der Waals surface area (Å²) < 4.78 is 0. The fraction of sp³-hybridized carbons (Fsp3) is 0.125. The van der Waals surface area contributed by atoms with E-state index >= 15 is 0 Å². The lowest BCUT2D eigenvalue weighted by atomic mass is 10.2. The Balaban J connectivity index is 2.51. The first-order valence-electron chi connectivity index (χ1n) is 3.83. The molecule has 0 aliphatic rings. The summed E-state index contributed by atoms with van der Waals surface area (Å²) in [6.45, 7) is 0.363. The van der Waals surface area contributed by atoms with Crippen LogP contribution in [0.3, 0.4) is 0 Å². The summed E-state index contributed by atoms with van der Waals surface area (Å²) in [7, 11) is 0. The summed E-state index contributed by atoms with van der Waals surface area (Å²) in [4.78, 5) is 9.83. The lowest BCUT2D eigenvalue weighted by Crippen LogP contribution is -1.76. The van der Waals surface area contributed by atoms with Gasteiger partial charge in [0.05, 0.1) is 6.54 Å². The van der Waals surface area contributed by atoms with Crippen molar-refractivity contribution in [3.63, 3.8) is 0 Å². The predicted octanol–water partition coefficient (Wildman–Crippen LogP) is 2.37. The quantitative estimate of drug-likeness (QED) is 0.422. The number of pyridine rings is 1. The summed E-state index contributed by atoms with van der Waals surface area (Å²) in [6.07, 6.45) is 3.53. The van der Waals surface area contributed by atoms with E-state index in [4.69, 9.17) is 5.53 Å². The van der Waals surface area contributed by atoms with Gasteiger partial charge in [-0.3, -0.25) is 0 Å². The number of azide groups is 1. The van der Waals surface area contributed by atoms with Gasteiger partial charge in [0.2, 0.25) is 0 Å². The van der Waals surface area contributed by atoms with E-state index in [1.54, 1.807) is 6.20 Å². The summed E-state index contributed by atoms with van der Waals surface area (Å²) in [5.41, 5.74) is 9.97. The molecular formula is C8H7N5. The average Bonchev–Trinajstić information content (AvgIpc) is 2.58. The third-order valence-electron chi connectivity index (χ3n) is 1.84. The van der Waals surface area contributed by atoms with Crippen molar-refractivity contribution in [2.24, 2.45) is 5.11 Å². The predicted molar refractivity (Wildman–Crippen MR) is 48.9 cm³/mol. The second kappa shape index (κ2) is 3.16. The average molecular weight is 173 g/mol. The Morgan fingerprint density at radius 2 is 2.54 bits per heavy atom. The van der Waals surface area contributed by atoms with E-state index in [0.717, 1.165) is 16.6 Å². The molecule has 0 aromatic carbocycles. The first-order valence-corrected chi connectivity index (χ1v) is 3.83. The molecule has 1 N–H and O–H groups in total. The Hall–Kier alpha value is -2.00. The number of rotatable bonds is 2. The monoisotopic (exact) mass is 173 g/mol. The molecular weight excluding hydrogens is 166 g/mol. The third-order valence-corrected chi connectivity index (χ3v) is 1.84. The van der Waals surface area contributed by atoms with Crippen molar-refractivity contribution in [2.45, 2.75) is 6.54 Å². The molecule has 0 bridgehead atoms. The zero-order chi connectivity index (χ0) is 9.10. The molecule has 5 nitrogen and oxygen atoms in total. The molecule has 0 unspecified atom stereocenters. The van der Waals surface area contributed by atoms with Gasteiger partial charge in [0.15, 0.2) is 0 Å². The highest BCUT2D eigenvalue weighted by Crippen LogP contribution is 2.15. The van der Waals surface area contributed by atoms with Crippen molar-refractivity contribution in [1.82, 2.24) is 9.97 Å². The van der Waals surface area contributed by atoms with Crippen LogP contribution in [0.4, 0.5) is 0 Å². The molecule has 2 heterocycles. The van der Waals surface area contributed by atoms with Gasteiger partial charge >= 0.3 is 0 Å². The minimum Gasteiger partial charge on any atom is -0.346 e. The molecule has 2 aromatic heterocycles. The molecule has 0 radical (unpaired) electrons. The summed E-state index contributed by atoms with van der Waals surface area (Å²) >= 11 is 0. The zero-order valence-electron chi connectivity index (χ0n) is 6.81. The van der Waals surface area contributed by atoms with E-state index in [0.29, 0.717) is 6.54 Å². The highest BCUT2D eigenvalue weighted by Gasteiger charge is 2.01. The Morgan fingerprint density at radius 3 is 3.38 bits per heavy atom. The highest BCUT2D eigenvalue weighted by atomic mass is 15.1. The number of aromatic nitrogens is 2. The van der Waals surface area contributed by atoms with Gasteiger partial charge in [-0.25, -0.2) is 4.98 Å². The van der Waals surface area contributed by atoms with E-state index in [-0.39, 0.29) is 0 Å². The molecule has 13 heavy (non-hydrogen) atoms. The maximum Gasteiger partial charge on any atom is 0.137 e. The van der Waals surface area contributed by atoms with Gasteiger partial charge in [-0.05, 0) is 23.2 Å². The van der Waals surface area contributed by atoms with Gasteiger partial charge in [0.25, 0.3) is 0 Å². The number of nitrogens with zero attached hydrogens (tertiary/aromatic N) is 4. The van der Waals surface area contributed by atoms with Crippen LogP contribution in [-0.4, -0.2) is 9.97 Å². The molecule has 0 amide bonds. The fourth-order valence-corrected chi connectivity index (χ4v) is 1.25. The molecule has 64 valence electrons. The van der Waals surface area contributed by atoms with Crippen LogP contribution in [0.1, 0.15) is 5.56 Å². The minimum atomic E-state index is 0.363. The molecule has 0 spiro atoms. The molecule has 0 aliphatic carbocycles. The smallest absolute Gasteiger partial charge is 0.137 e. The van der Waals surface area contributed by atoms with E-state index in [2.05, 4.69) is 20.0 Å². The lowest BCUT2D eigenvalue weighted by Gasteiger charge is -1.90. The fourth-order valence-electron chi connectivity index (χ4n) is 1.25. The van der Waals surface area contributed by atoms with Crippen LogP contribution in [0, 0.1) is 0 Å². The second-order valence-electron chi connectivity index (χ2n) is 2.60. The van der Waals surface area contributed by atoms with Crippen LogP contribution in [0.2, 0.25) is 0 Å². The largest absolute Gasteiger partial charge is 0.346 e. The summed E-state index contributed by atoms with van der Waals surface area (Å²) in [5.74, 6) is 0. The number of H-pyrrole nitrogens is 1. The maximum atomic E-state index is 8.17. The molecule has 0 saturated carbocycles. The van der Waals surface area contributed by atoms with Crippen LogP contribution in [0.5, 0.6) is 0 Å². The van der Waals surface area contributed by atoms with Crippen LogP contribution in [0.25, 0.3) is 21.5 Å². The minimum absolute atomic E-state index is 0.363. The number of fused-ring (bicyclic) bond motifs is 1. The zero-order valence-corrected chi connectivity index (χ0v) is 6.81. The van der Waals surface area contributed by atoms with Crippen molar-refractivity contribution in [1.29, 1.82) is 0 Å². The molecule has 0 saturated heterocycles. The second-order valence-corrected chi connectivity index (χ2v) is 2.60. The van der Waals surface area contributed by atoms with Gasteiger partial charge < -0.3 is 4.98 Å². The Kier molecular flexibility index (Phi) is 1.86. The highest BCUT2D eigenvalue weighted by molar-refractivity contribution is 5.79. The number of hydrogen-bond acceptors (Lipinski definition) is 2.